The van der Waals surface area contributed by atoms with Crippen LogP contribution in [0.2, 0.25) is 0 Å². The van der Waals surface area contributed by atoms with Gasteiger partial charge in [-0.2, -0.15) is 0 Å². The molecule has 26 heavy (non-hydrogen) atoms. The molecule has 1 aliphatic rings. The van der Waals surface area contributed by atoms with Crippen LogP contribution in [0.5, 0.6) is 0 Å². The standard InChI is InChI=1S/C18H20N4O3S/c1-12-16(18(25)22-8-6-21(11-23)7-9-22)20-17(26-12)14-4-3-5-15(10-14)19-13(2)24/h3-5,10-11H,6-9H2,1-2H3,(H,19,24). The average molecular weight is 372 g/mol. The van der Waals surface area contributed by atoms with Crippen molar-refractivity contribution in [3.8, 4) is 10.6 Å². The van der Waals surface area contributed by atoms with E-state index < -0.39 is 0 Å². The highest BCUT2D eigenvalue weighted by Gasteiger charge is 2.25. The van der Waals surface area contributed by atoms with Crippen LogP contribution < -0.4 is 5.32 Å². The highest BCUT2D eigenvalue weighted by atomic mass is 32.1. The first-order chi connectivity index (χ1) is 12.5. The Morgan fingerprint density at radius 2 is 1.96 bits per heavy atom. The molecule has 1 saturated heterocycles. The van der Waals surface area contributed by atoms with Gasteiger partial charge in [0.2, 0.25) is 12.3 Å². The predicted molar refractivity (Wildman–Crippen MR) is 100 cm³/mol. The normalized spacial score (nSPS) is 14.2. The van der Waals surface area contributed by atoms with Crippen molar-refractivity contribution < 1.29 is 14.4 Å². The second-order valence-corrected chi connectivity index (χ2v) is 7.32. The summed E-state index contributed by atoms with van der Waals surface area (Å²) in [6.45, 7) is 5.47. The Hall–Kier alpha value is -2.74. The molecule has 1 fully saturated rings. The van der Waals surface area contributed by atoms with Crippen molar-refractivity contribution in [3.05, 3.63) is 34.8 Å². The number of benzene rings is 1. The summed E-state index contributed by atoms with van der Waals surface area (Å²) in [7, 11) is 0. The molecule has 0 spiro atoms. The summed E-state index contributed by atoms with van der Waals surface area (Å²) in [5.41, 5.74) is 2.00. The Kier molecular flexibility index (Phi) is 5.32. The maximum absolute atomic E-state index is 12.8. The number of carbonyl (C=O) groups excluding carboxylic acids is 3. The number of carbonyl (C=O) groups is 3. The fraction of sp³-hybridized carbons (Fsp3) is 0.333. The minimum absolute atomic E-state index is 0.103. The van der Waals surface area contributed by atoms with Crippen LogP contribution in [0.15, 0.2) is 24.3 Å². The van der Waals surface area contributed by atoms with Gasteiger partial charge in [0.1, 0.15) is 10.7 Å². The monoisotopic (exact) mass is 372 g/mol. The van der Waals surface area contributed by atoms with Crippen LogP contribution in [0.4, 0.5) is 5.69 Å². The Morgan fingerprint density at radius 3 is 2.62 bits per heavy atom. The third-order valence-corrected chi connectivity index (χ3v) is 5.20. The van der Waals surface area contributed by atoms with E-state index in [1.54, 1.807) is 9.80 Å². The number of anilines is 1. The Bertz CT molecular complexity index is 841. The molecule has 0 atom stereocenters. The number of hydrogen-bond donors (Lipinski definition) is 1. The third kappa shape index (κ3) is 3.91. The van der Waals surface area contributed by atoms with Crippen molar-refractivity contribution >= 4 is 35.2 Å². The molecule has 0 saturated carbocycles. The maximum Gasteiger partial charge on any atom is 0.273 e. The Balaban J connectivity index is 1.80. The average Bonchev–Trinajstić information content (AvgIpc) is 3.02. The van der Waals surface area contributed by atoms with Gasteiger partial charge in [-0.3, -0.25) is 14.4 Å². The number of piperazine rings is 1. The van der Waals surface area contributed by atoms with Gasteiger partial charge < -0.3 is 15.1 Å². The molecule has 3 rings (SSSR count). The van der Waals surface area contributed by atoms with Crippen molar-refractivity contribution in [3.63, 3.8) is 0 Å². The molecule has 0 bridgehead atoms. The molecule has 1 N–H and O–H groups in total. The van der Waals surface area contributed by atoms with E-state index in [0.29, 0.717) is 37.6 Å². The molecule has 2 aromatic rings. The second-order valence-electron chi connectivity index (χ2n) is 6.12. The van der Waals surface area contributed by atoms with E-state index in [0.717, 1.165) is 21.9 Å². The van der Waals surface area contributed by atoms with Crippen LogP contribution in [0.25, 0.3) is 10.6 Å². The van der Waals surface area contributed by atoms with Crippen LogP contribution in [0, 0.1) is 6.92 Å². The lowest BCUT2D eigenvalue weighted by molar-refractivity contribution is -0.119. The zero-order valence-electron chi connectivity index (χ0n) is 14.7. The lowest BCUT2D eigenvalue weighted by Crippen LogP contribution is -2.48. The first-order valence-electron chi connectivity index (χ1n) is 8.32. The van der Waals surface area contributed by atoms with Gasteiger partial charge in [0.25, 0.3) is 5.91 Å². The van der Waals surface area contributed by atoms with E-state index >= 15 is 0 Å². The van der Waals surface area contributed by atoms with Gasteiger partial charge in [-0.05, 0) is 19.1 Å². The zero-order valence-corrected chi connectivity index (χ0v) is 15.5. The van der Waals surface area contributed by atoms with Gasteiger partial charge in [0.15, 0.2) is 0 Å². The minimum atomic E-state index is -0.136. The van der Waals surface area contributed by atoms with Crippen molar-refractivity contribution in [2.75, 3.05) is 31.5 Å². The lowest BCUT2D eigenvalue weighted by atomic mass is 10.2. The summed E-state index contributed by atoms with van der Waals surface area (Å²) in [6, 6.07) is 7.40. The van der Waals surface area contributed by atoms with E-state index in [1.807, 2.05) is 31.2 Å². The van der Waals surface area contributed by atoms with Crippen molar-refractivity contribution in [1.29, 1.82) is 0 Å². The molecule has 0 unspecified atom stereocenters. The summed E-state index contributed by atoms with van der Waals surface area (Å²) >= 11 is 1.45. The number of aryl methyl sites for hydroxylation is 1. The second kappa shape index (κ2) is 7.65. The maximum atomic E-state index is 12.8. The smallest absolute Gasteiger partial charge is 0.273 e. The molecule has 3 amide bonds. The van der Waals surface area contributed by atoms with Crippen LogP contribution in [-0.2, 0) is 9.59 Å². The third-order valence-electron chi connectivity index (χ3n) is 4.18. The molecular weight excluding hydrogens is 352 g/mol. The van der Waals surface area contributed by atoms with E-state index in [4.69, 9.17) is 0 Å². The van der Waals surface area contributed by atoms with Crippen molar-refractivity contribution in [1.82, 2.24) is 14.8 Å². The molecule has 0 aliphatic carbocycles. The Labute approximate surface area is 155 Å². The molecule has 8 heteroatoms. The minimum Gasteiger partial charge on any atom is -0.342 e. The molecule has 2 heterocycles. The van der Waals surface area contributed by atoms with Gasteiger partial charge in [-0.15, -0.1) is 11.3 Å². The number of aromatic nitrogens is 1. The van der Waals surface area contributed by atoms with Crippen LogP contribution in [-0.4, -0.2) is 59.2 Å². The van der Waals surface area contributed by atoms with Gasteiger partial charge in [0.05, 0.1) is 0 Å². The highest BCUT2D eigenvalue weighted by molar-refractivity contribution is 7.15. The number of hydrogen-bond acceptors (Lipinski definition) is 5. The largest absolute Gasteiger partial charge is 0.342 e. The summed E-state index contributed by atoms with van der Waals surface area (Å²) in [5.74, 6) is -0.239. The lowest BCUT2D eigenvalue weighted by Gasteiger charge is -2.32. The number of thiazole rings is 1. The van der Waals surface area contributed by atoms with E-state index in [1.165, 1.54) is 18.3 Å². The molecule has 136 valence electrons. The number of nitrogens with zero attached hydrogens (tertiary/aromatic N) is 3. The first kappa shape index (κ1) is 18.1. The summed E-state index contributed by atoms with van der Waals surface area (Å²) in [5, 5.41) is 3.49. The number of amides is 3. The quantitative estimate of drug-likeness (QED) is 0.832. The summed E-state index contributed by atoms with van der Waals surface area (Å²) in [4.78, 5) is 43.6. The van der Waals surface area contributed by atoms with E-state index in [2.05, 4.69) is 10.3 Å². The molecule has 7 nitrogen and oxygen atoms in total. The van der Waals surface area contributed by atoms with Gasteiger partial charge in [-0.25, -0.2) is 4.98 Å². The number of rotatable bonds is 4. The molecule has 1 aromatic carbocycles. The SMILES string of the molecule is CC(=O)Nc1cccc(-c2nc(C(=O)N3CCN(C=O)CC3)c(C)s2)c1. The predicted octanol–water partition coefficient (Wildman–Crippen LogP) is 1.99. The molecule has 1 aromatic heterocycles. The number of nitrogens with one attached hydrogen (secondary N) is 1. The van der Waals surface area contributed by atoms with E-state index in [-0.39, 0.29) is 11.8 Å². The topological polar surface area (TPSA) is 82.6 Å². The highest BCUT2D eigenvalue weighted by Crippen LogP contribution is 2.30. The van der Waals surface area contributed by atoms with Crippen molar-refractivity contribution in [2.45, 2.75) is 13.8 Å². The summed E-state index contributed by atoms with van der Waals surface area (Å²) in [6.07, 6.45) is 0.816. The van der Waals surface area contributed by atoms with E-state index in [9.17, 15) is 14.4 Å². The first-order valence-corrected chi connectivity index (χ1v) is 9.13. The van der Waals surface area contributed by atoms with Crippen LogP contribution in [0.1, 0.15) is 22.3 Å². The fourth-order valence-corrected chi connectivity index (χ4v) is 3.73. The zero-order chi connectivity index (χ0) is 18.7. The van der Waals surface area contributed by atoms with Gasteiger partial charge >= 0.3 is 0 Å². The van der Waals surface area contributed by atoms with Crippen LogP contribution >= 0.6 is 11.3 Å². The van der Waals surface area contributed by atoms with Crippen LogP contribution in [0.3, 0.4) is 0 Å². The van der Waals surface area contributed by atoms with Gasteiger partial charge in [0, 0.05) is 49.2 Å². The Morgan fingerprint density at radius 1 is 1.23 bits per heavy atom. The molecule has 0 radical (unpaired) electrons. The van der Waals surface area contributed by atoms with Crippen molar-refractivity contribution in [2.24, 2.45) is 0 Å². The van der Waals surface area contributed by atoms with Gasteiger partial charge in [-0.1, -0.05) is 12.1 Å². The fourth-order valence-electron chi connectivity index (χ4n) is 2.83. The molecular formula is C18H20N4O3S. The molecule has 1 aliphatic heterocycles. The summed E-state index contributed by atoms with van der Waals surface area (Å²) < 4.78 is 0.